The highest BCUT2D eigenvalue weighted by atomic mass is 35.5. The number of benzene rings is 1. The van der Waals surface area contributed by atoms with E-state index < -0.39 is 30.2 Å². The lowest BCUT2D eigenvalue weighted by molar-refractivity contribution is -0.137. The normalized spacial score (nSPS) is 11.1. The minimum atomic E-state index is -4.61. The number of carbonyl (C=O) groups excluding carboxylic acids is 2. The second-order valence-corrected chi connectivity index (χ2v) is 5.93. The molecule has 1 amide bonds. The zero-order chi connectivity index (χ0) is 21.4. The fraction of sp³-hybridized carbons (Fsp3) is 0.278. The molecule has 1 N–H and O–H groups in total. The molecule has 11 heteroatoms. The van der Waals surface area contributed by atoms with Crippen molar-refractivity contribution >= 4 is 29.2 Å². The van der Waals surface area contributed by atoms with Crippen LogP contribution in [0.2, 0.25) is 5.15 Å². The fourth-order valence-corrected chi connectivity index (χ4v) is 2.17. The average Bonchev–Trinajstić information content (AvgIpc) is 2.67. The lowest BCUT2D eigenvalue weighted by Crippen LogP contribution is -2.22. The van der Waals surface area contributed by atoms with Crippen LogP contribution in [0.5, 0.6) is 5.75 Å². The lowest BCUT2D eigenvalue weighted by Gasteiger charge is -2.15. The number of alkyl halides is 3. The Morgan fingerprint density at radius 1 is 1.17 bits per heavy atom. The van der Waals surface area contributed by atoms with E-state index in [2.05, 4.69) is 10.3 Å². The molecule has 0 aliphatic carbocycles. The summed E-state index contributed by atoms with van der Waals surface area (Å²) in [6, 6.07) is 5.35. The number of carbonyl (C=O) groups is 2. The predicted molar refractivity (Wildman–Crippen MR) is 97.0 cm³/mol. The first-order valence-electron chi connectivity index (χ1n) is 8.12. The second-order valence-electron chi connectivity index (χ2n) is 5.54. The highest BCUT2D eigenvalue weighted by molar-refractivity contribution is 6.29. The monoisotopic (exact) mass is 432 g/mol. The molecule has 0 aliphatic rings. The van der Waals surface area contributed by atoms with Crippen LogP contribution in [-0.2, 0) is 20.4 Å². The van der Waals surface area contributed by atoms with Crippen LogP contribution in [-0.4, -0.2) is 43.8 Å². The average molecular weight is 433 g/mol. The van der Waals surface area contributed by atoms with Gasteiger partial charge in [0.1, 0.15) is 17.5 Å². The molecule has 0 saturated heterocycles. The maximum absolute atomic E-state index is 13.0. The number of hydrogen-bond acceptors (Lipinski definition) is 6. The van der Waals surface area contributed by atoms with Gasteiger partial charge in [0.2, 0.25) is 0 Å². The van der Waals surface area contributed by atoms with Crippen LogP contribution in [0, 0.1) is 0 Å². The molecule has 7 nitrogen and oxygen atoms in total. The van der Waals surface area contributed by atoms with Crippen LogP contribution in [0.15, 0.2) is 36.5 Å². The number of rotatable bonds is 8. The van der Waals surface area contributed by atoms with Crippen molar-refractivity contribution in [1.82, 2.24) is 4.98 Å². The van der Waals surface area contributed by atoms with Gasteiger partial charge >= 0.3 is 12.1 Å². The van der Waals surface area contributed by atoms with Crippen LogP contribution in [0.3, 0.4) is 0 Å². The minimum absolute atomic E-state index is 0.0108. The topological polar surface area (TPSA) is 86.8 Å². The Kier molecular flexibility index (Phi) is 7.80. The quantitative estimate of drug-likeness (QED) is 0.390. The van der Waals surface area contributed by atoms with Gasteiger partial charge in [-0.25, -0.2) is 9.78 Å². The van der Waals surface area contributed by atoms with Gasteiger partial charge in [-0.2, -0.15) is 13.2 Å². The molecule has 0 aliphatic heterocycles. The molecule has 0 atom stereocenters. The summed E-state index contributed by atoms with van der Waals surface area (Å²) in [5.41, 5.74) is -1.13. The number of nitrogens with zero attached hydrogens (tertiary/aromatic N) is 1. The highest BCUT2D eigenvalue weighted by Crippen LogP contribution is 2.35. The third-order valence-corrected chi connectivity index (χ3v) is 3.65. The number of aromatic nitrogens is 1. The molecule has 0 spiro atoms. The van der Waals surface area contributed by atoms with Gasteiger partial charge in [-0.15, -0.1) is 0 Å². The maximum atomic E-state index is 13.0. The molecule has 1 aromatic carbocycles. The number of anilines is 1. The molecule has 2 aromatic rings. The summed E-state index contributed by atoms with van der Waals surface area (Å²) in [4.78, 5) is 27.6. The Balaban J connectivity index is 2.06. The Bertz CT molecular complexity index is 860. The molecule has 2 rings (SSSR count). The SMILES string of the molecule is COCCOc1ccc(C(F)(F)F)cc1NC(=O)COC(=O)c1ccc(Cl)nc1. The molecule has 0 radical (unpaired) electrons. The van der Waals surface area contributed by atoms with Crippen LogP contribution in [0.1, 0.15) is 15.9 Å². The van der Waals surface area contributed by atoms with Crippen LogP contribution in [0.4, 0.5) is 18.9 Å². The number of pyridine rings is 1. The molecule has 0 unspecified atom stereocenters. The first kappa shape index (κ1) is 22.4. The Morgan fingerprint density at radius 2 is 1.93 bits per heavy atom. The Hall–Kier alpha value is -2.85. The third-order valence-electron chi connectivity index (χ3n) is 3.42. The van der Waals surface area contributed by atoms with Crippen LogP contribution < -0.4 is 10.1 Å². The Morgan fingerprint density at radius 3 is 2.55 bits per heavy atom. The molecule has 1 aromatic heterocycles. The van der Waals surface area contributed by atoms with Crippen molar-refractivity contribution in [2.75, 3.05) is 32.2 Å². The number of methoxy groups -OCH3 is 1. The number of halogens is 4. The van der Waals surface area contributed by atoms with E-state index in [9.17, 15) is 22.8 Å². The van der Waals surface area contributed by atoms with Gasteiger partial charge in [-0.1, -0.05) is 11.6 Å². The summed E-state index contributed by atoms with van der Waals surface area (Å²) in [6.45, 7) is -0.473. The Labute approximate surface area is 168 Å². The first-order valence-corrected chi connectivity index (χ1v) is 8.50. The standard InChI is InChI=1S/C18H16ClF3N2O5/c1-27-6-7-28-14-4-3-12(18(20,21)22)8-13(14)24-16(25)10-29-17(26)11-2-5-15(19)23-9-11/h2-5,8-9H,6-7,10H2,1H3,(H,24,25). The van der Waals surface area contributed by atoms with E-state index in [4.69, 9.17) is 25.8 Å². The predicted octanol–water partition coefficient (Wildman–Crippen LogP) is 3.57. The summed E-state index contributed by atoms with van der Waals surface area (Å²) in [5.74, 6) is -1.68. The van der Waals surface area contributed by atoms with Crippen molar-refractivity contribution in [3.05, 3.63) is 52.8 Å². The van der Waals surface area contributed by atoms with Crippen molar-refractivity contribution in [2.45, 2.75) is 6.18 Å². The van der Waals surface area contributed by atoms with Crippen molar-refractivity contribution in [3.63, 3.8) is 0 Å². The van der Waals surface area contributed by atoms with Gasteiger partial charge in [-0.05, 0) is 30.3 Å². The van der Waals surface area contributed by atoms with E-state index in [1.807, 2.05) is 0 Å². The van der Waals surface area contributed by atoms with Gasteiger partial charge < -0.3 is 19.5 Å². The summed E-state index contributed by atoms with van der Waals surface area (Å²) >= 11 is 5.61. The zero-order valence-corrected chi connectivity index (χ0v) is 15.8. The van der Waals surface area contributed by atoms with Gasteiger partial charge in [0.05, 0.1) is 23.4 Å². The molecular formula is C18H16ClF3N2O5. The van der Waals surface area contributed by atoms with Crippen molar-refractivity contribution < 1.29 is 37.0 Å². The maximum Gasteiger partial charge on any atom is 0.416 e. The first-order chi connectivity index (χ1) is 13.7. The number of hydrogen-bond donors (Lipinski definition) is 1. The van der Waals surface area contributed by atoms with E-state index in [0.717, 1.165) is 24.4 Å². The molecular weight excluding hydrogens is 417 g/mol. The van der Waals surface area contributed by atoms with Crippen LogP contribution in [0.25, 0.3) is 0 Å². The number of amides is 1. The van der Waals surface area contributed by atoms with Gasteiger partial charge in [0.15, 0.2) is 6.61 Å². The van der Waals surface area contributed by atoms with Crippen LogP contribution >= 0.6 is 11.6 Å². The van der Waals surface area contributed by atoms with Gasteiger partial charge in [-0.3, -0.25) is 4.79 Å². The minimum Gasteiger partial charge on any atom is -0.489 e. The van der Waals surface area contributed by atoms with E-state index in [-0.39, 0.29) is 35.4 Å². The summed E-state index contributed by atoms with van der Waals surface area (Å²) < 4.78 is 53.8. The fourth-order valence-electron chi connectivity index (χ4n) is 2.06. The van der Waals surface area contributed by atoms with Crippen molar-refractivity contribution in [2.24, 2.45) is 0 Å². The largest absolute Gasteiger partial charge is 0.489 e. The number of nitrogens with one attached hydrogen (secondary N) is 1. The van der Waals surface area contributed by atoms with Crippen molar-refractivity contribution in [3.8, 4) is 5.75 Å². The lowest BCUT2D eigenvalue weighted by atomic mass is 10.1. The van der Waals surface area contributed by atoms with Gasteiger partial charge in [0, 0.05) is 13.3 Å². The molecule has 156 valence electrons. The van der Waals surface area contributed by atoms with E-state index in [1.165, 1.54) is 19.2 Å². The molecule has 0 fully saturated rings. The zero-order valence-electron chi connectivity index (χ0n) is 15.1. The summed E-state index contributed by atoms with van der Waals surface area (Å²) in [7, 11) is 1.43. The third kappa shape index (κ3) is 6.91. The molecule has 0 bridgehead atoms. The molecule has 29 heavy (non-hydrogen) atoms. The van der Waals surface area contributed by atoms with E-state index >= 15 is 0 Å². The smallest absolute Gasteiger partial charge is 0.416 e. The van der Waals surface area contributed by atoms with E-state index in [0.29, 0.717) is 0 Å². The number of esters is 1. The van der Waals surface area contributed by atoms with E-state index in [1.54, 1.807) is 0 Å². The van der Waals surface area contributed by atoms with Crippen molar-refractivity contribution in [1.29, 1.82) is 0 Å². The second kappa shape index (κ2) is 10.1. The molecule has 1 heterocycles. The number of ether oxygens (including phenoxy) is 3. The summed E-state index contributed by atoms with van der Waals surface area (Å²) in [6.07, 6.45) is -3.45. The highest BCUT2D eigenvalue weighted by Gasteiger charge is 2.31. The molecule has 0 saturated carbocycles. The van der Waals surface area contributed by atoms with Gasteiger partial charge in [0.25, 0.3) is 5.91 Å². The summed E-state index contributed by atoms with van der Waals surface area (Å²) in [5, 5.41) is 2.42.